The molecule has 5 rings (SSSR count). The summed E-state index contributed by atoms with van der Waals surface area (Å²) < 4.78 is 5.46. The van der Waals surface area contributed by atoms with Gasteiger partial charge in [-0.1, -0.05) is 44.2 Å². The van der Waals surface area contributed by atoms with Crippen molar-refractivity contribution in [1.29, 1.82) is 0 Å². The van der Waals surface area contributed by atoms with E-state index in [0.29, 0.717) is 30.8 Å². The Balaban J connectivity index is 1.34. The molecule has 4 fully saturated rings. The minimum Gasteiger partial charge on any atom is -0.444 e. The third-order valence-corrected chi connectivity index (χ3v) is 7.29. The van der Waals surface area contributed by atoms with Gasteiger partial charge in [0.1, 0.15) is 5.60 Å². The largest absolute Gasteiger partial charge is 0.444 e. The van der Waals surface area contributed by atoms with Crippen molar-refractivity contribution in [1.82, 2.24) is 10.2 Å². The van der Waals surface area contributed by atoms with Gasteiger partial charge in [0.05, 0.1) is 5.92 Å². The van der Waals surface area contributed by atoms with Crippen LogP contribution in [0, 0.1) is 17.3 Å². The Hall–Kier alpha value is -2.04. The molecule has 3 aliphatic carbocycles. The molecule has 5 nitrogen and oxygen atoms in total. The average Bonchev–Trinajstić information content (AvgIpc) is 3.08. The van der Waals surface area contributed by atoms with Crippen molar-refractivity contribution in [2.45, 2.75) is 77.4 Å². The van der Waals surface area contributed by atoms with Crippen LogP contribution in [0.4, 0.5) is 4.79 Å². The lowest BCUT2D eigenvalue weighted by atomic mass is 9.31. The van der Waals surface area contributed by atoms with Crippen LogP contribution in [-0.4, -0.2) is 41.6 Å². The van der Waals surface area contributed by atoms with Crippen LogP contribution in [0.2, 0.25) is 0 Å². The number of carbonyl (C=O) groups is 2. The summed E-state index contributed by atoms with van der Waals surface area (Å²) in [6.07, 6.45) is 3.89. The fourth-order valence-corrected chi connectivity index (χ4v) is 6.06. The van der Waals surface area contributed by atoms with E-state index in [-0.39, 0.29) is 29.4 Å². The van der Waals surface area contributed by atoms with Crippen LogP contribution >= 0.6 is 0 Å². The number of likely N-dealkylation sites (tertiary alicyclic amines) is 1. The molecule has 4 aliphatic rings. The van der Waals surface area contributed by atoms with Gasteiger partial charge in [-0.25, -0.2) is 4.79 Å². The molecule has 164 valence electrons. The monoisotopic (exact) mass is 412 g/mol. The molecular weight excluding hydrogens is 376 g/mol. The summed E-state index contributed by atoms with van der Waals surface area (Å²) in [5.41, 5.74) is 1.51. The molecule has 1 N–H and O–H groups in total. The van der Waals surface area contributed by atoms with E-state index in [2.05, 4.69) is 49.5 Å². The Morgan fingerprint density at radius 3 is 2.33 bits per heavy atom. The van der Waals surface area contributed by atoms with E-state index in [0.717, 1.165) is 0 Å². The van der Waals surface area contributed by atoms with Crippen molar-refractivity contribution in [2.24, 2.45) is 17.3 Å². The van der Waals surface area contributed by atoms with Gasteiger partial charge in [0.25, 0.3) is 0 Å². The second kappa shape index (κ2) is 7.28. The van der Waals surface area contributed by atoms with E-state index in [1.807, 2.05) is 20.8 Å². The van der Waals surface area contributed by atoms with E-state index < -0.39 is 5.60 Å². The number of rotatable bonds is 5. The molecule has 1 saturated heterocycles. The van der Waals surface area contributed by atoms with Crippen LogP contribution < -0.4 is 5.32 Å². The van der Waals surface area contributed by atoms with E-state index >= 15 is 0 Å². The summed E-state index contributed by atoms with van der Waals surface area (Å²) in [4.78, 5) is 27.1. The van der Waals surface area contributed by atoms with Crippen molar-refractivity contribution in [2.75, 3.05) is 13.1 Å². The zero-order valence-corrected chi connectivity index (χ0v) is 19.0. The maximum absolute atomic E-state index is 13.1. The van der Waals surface area contributed by atoms with Crippen LogP contribution in [0.3, 0.4) is 0 Å². The summed E-state index contributed by atoms with van der Waals surface area (Å²) in [6.45, 7) is 11.1. The molecule has 30 heavy (non-hydrogen) atoms. The van der Waals surface area contributed by atoms with Crippen molar-refractivity contribution >= 4 is 12.0 Å². The van der Waals surface area contributed by atoms with E-state index in [9.17, 15) is 9.59 Å². The number of carbonyl (C=O) groups excluding carboxylic acids is 2. The Kier molecular flexibility index (Phi) is 5.14. The number of hydrogen-bond donors (Lipinski definition) is 1. The predicted molar refractivity (Wildman–Crippen MR) is 117 cm³/mol. The molecule has 0 aromatic heterocycles. The van der Waals surface area contributed by atoms with Gasteiger partial charge < -0.3 is 15.0 Å². The van der Waals surface area contributed by atoms with Crippen LogP contribution in [-0.2, 0) is 14.9 Å². The van der Waals surface area contributed by atoms with Crippen LogP contribution in [0.15, 0.2) is 30.3 Å². The highest BCUT2D eigenvalue weighted by molar-refractivity contribution is 5.81. The molecule has 1 aliphatic heterocycles. The minimum absolute atomic E-state index is 0.0956. The topological polar surface area (TPSA) is 58.6 Å². The summed E-state index contributed by atoms with van der Waals surface area (Å²) in [6, 6.07) is 11.0. The first kappa shape index (κ1) is 21.2. The minimum atomic E-state index is -0.515. The van der Waals surface area contributed by atoms with E-state index in [1.54, 1.807) is 4.90 Å². The second-order valence-electron chi connectivity index (χ2n) is 11.2. The smallest absolute Gasteiger partial charge is 0.410 e. The first-order chi connectivity index (χ1) is 14.0. The number of nitrogens with one attached hydrogen (secondary N) is 1. The highest BCUT2D eigenvalue weighted by Crippen LogP contribution is 2.75. The second-order valence-corrected chi connectivity index (χ2v) is 11.2. The third-order valence-electron chi connectivity index (χ3n) is 7.29. The van der Waals surface area contributed by atoms with Gasteiger partial charge in [0, 0.05) is 19.1 Å². The lowest BCUT2D eigenvalue weighted by molar-refractivity contribution is -0.176. The first-order valence-corrected chi connectivity index (χ1v) is 11.4. The van der Waals surface area contributed by atoms with Gasteiger partial charge in [-0.15, -0.1) is 0 Å². The standard InChI is InChI=1S/C25H36N2O3/c1-17(2)20(25-14-24(15-25,16-25)19-9-7-6-8-10-19)26-21(28)18-11-12-27(13-18)22(29)30-23(3,4)5/h6-10,17-18,20H,11-16H2,1-5H3,(H,26,28). The van der Waals surface area contributed by atoms with Gasteiger partial charge in [0.2, 0.25) is 5.91 Å². The predicted octanol–water partition coefficient (Wildman–Crippen LogP) is 4.51. The molecular formula is C25H36N2O3. The number of ether oxygens (including phenoxy) is 1. The fraction of sp³-hybridized carbons (Fsp3) is 0.680. The molecule has 2 atom stereocenters. The molecule has 1 heterocycles. The van der Waals surface area contributed by atoms with Crippen LogP contribution in [0.5, 0.6) is 0 Å². The summed E-state index contributed by atoms with van der Waals surface area (Å²) >= 11 is 0. The molecule has 3 saturated carbocycles. The zero-order valence-electron chi connectivity index (χ0n) is 19.0. The molecule has 1 aromatic rings. The zero-order chi connectivity index (χ0) is 21.7. The molecule has 0 radical (unpaired) electrons. The van der Waals surface area contributed by atoms with Crippen LogP contribution in [0.25, 0.3) is 0 Å². The number of nitrogens with zero attached hydrogens (tertiary/aromatic N) is 1. The quantitative estimate of drug-likeness (QED) is 0.774. The normalized spacial score (nSPS) is 31.0. The summed E-state index contributed by atoms with van der Waals surface area (Å²) in [5, 5.41) is 3.40. The average molecular weight is 413 g/mol. The maximum atomic E-state index is 13.1. The fourth-order valence-electron chi connectivity index (χ4n) is 6.06. The van der Waals surface area contributed by atoms with Crippen LogP contribution in [0.1, 0.15) is 65.9 Å². The molecule has 0 spiro atoms. The molecule has 2 unspecified atom stereocenters. The molecule has 5 heteroatoms. The summed E-state index contributed by atoms with van der Waals surface area (Å²) in [7, 11) is 0. The van der Waals surface area contributed by atoms with Gasteiger partial charge in [-0.2, -0.15) is 0 Å². The highest BCUT2D eigenvalue weighted by Gasteiger charge is 2.71. The maximum Gasteiger partial charge on any atom is 0.410 e. The van der Waals surface area contributed by atoms with E-state index in [4.69, 9.17) is 4.74 Å². The van der Waals surface area contributed by atoms with Crippen molar-refractivity contribution in [3.05, 3.63) is 35.9 Å². The third kappa shape index (κ3) is 3.72. The Labute approximate surface area is 180 Å². The molecule has 2 amide bonds. The van der Waals surface area contributed by atoms with Crippen molar-refractivity contribution in [3.8, 4) is 0 Å². The number of amides is 2. The number of hydrogen-bond acceptors (Lipinski definition) is 3. The van der Waals surface area contributed by atoms with Crippen molar-refractivity contribution in [3.63, 3.8) is 0 Å². The first-order valence-electron chi connectivity index (χ1n) is 11.4. The van der Waals surface area contributed by atoms with Gasteiger partial charge >= 0.3 is 6.09 Å². The lowest BCUT2D eigenvalue weighted by Crippen LogP contribution is -2.73. The van der Waals surface area contributed by atoms with E-state index in [1.165, 1.54) is 24.8 Å². The highest BCUT2D eigenvalue weighted by atomic mass is 16.6. The lowest BCUT2D eigenvalue weighted by Gasteiger charge is -2.74. The summed E-state index contributed by atoms with van der Waals surface area (Å²) in [5.74, 6) is 0.346. The van der Waals surface area contributed by atoms with Gasteiger partial charge in [-0.3, -0.25) is 4.79 Å². The van der Waals surface area contributed by atoms with Gasteiger partial charge in [0.15, 0.2) is 0 Å². The Morgan fingerprint density at radius 1 is 1.13 bits per heavy atom. The molecule has 1 aromatic carbocycles. The van der Waals surface area contributed by atoms with Crippen molar-refractivity contribution < 1.29 is 14.3 Å². The number of benzene rings is 1. The van der Waals surface area contributed by atoms with Gasteiger partial charge in [-0.05, 0) is 68.8 Å². The Bertz CT molecular complexity index is 792. The SMILES string of the molecule is CC(C)C(NC(=O)C1CCN(C(=O)OC(C)(C)C)C1)C12CC(c3ccccc3)(C1)C2. The Morgan fingerprint density at radius 2 is 1.77 bits per heavy atom. The molecule has 2 bridgehead atoms.